The maximum atomic E-state index is 12.5. The highest BCUT2D eigenvalue weighted by molar-refractivity contribution is 6.35. The molecule has 0 atom stereocenters. The molecule has 4 N–H and O–H groups in total. The average molecular weight is 734 g/mol. The number of anilines is 1. The molecule has 248 valence electrons. The molecule has 48 heavy (non-hydrogen) atoms. The van der Waals surface area contributed by atoms with Gasteiger partial charge in [0.05, 0.1) is 32.0 Å². The summed E-state index contributed by atoms with van der Waals surface area (Å²) in [5.74, 6) is -0.400. The van der Waals surface area contributed by atoms with Crippen LogP contribution in [0.1, 0.15) is 21.5 Å². The van der Waals surface area contributed by atoms with Crippen LogP contribution in [0.15, 0.2) is 82.4 Å². The molecule has 0 aliphatic heterocycles. The molecule has 0 fully saturated rings. The first-order valence-corrected chi connectivity index (χ1v) is 15.4. The summed E-state index contributed by atoms with van der Waals surface area (Å²) in [5.41, 5.74) is 6.16. The van der Waals surface area contributed by atoms with E-state index in [0.29, 0.717) is 39.5 Å². The lowest BCUT2D eigenvalue weighted by Crippen LogP contribution is -2.35. The molecule has 17 heteroatoms. The summed E-state index contributed by atoms with van der Waals surface area (Å²) in [6, 6.07) is 17.6. The second kappa shape index (κ2) is 15.8. The van der Waals surface area contributed by atoms with Gasteiger partial charge in [0.25, 0.3) is 22.8 Å². The first kappa shape index (κ1) is 35.9. The number of benzene rings is 4. The summed E-state index contributed by atoms with van der Waals surface area (Å²) in [5, 5.41) is 26.4. The lowest BCUT2D eigenvalue weighted by molar-refractivity contribution is -0.384. The van der Waals surface area contributed by atoms with Gasteiger partial charge >= 0.3 is 5.69 Å². The molecule has 0 bridgehead atoms. The van der Waals surface area contributed by atoms with Crippen molar-refractivity contribution in [3.8, 4) is 0 Å². The number of nitrogens with two attached hydrogens (primary N) is 1. The zero-order chi connectivity index (χ0) is 35.1. The van der Waals surface area contributed by atoms with Crippen LogP contribution in [0, 0.1) is 20.2 Å². The number of nitrogens with zero attached hydrogens (tertiary/aromatic N) is 3. The molecule has 4 aromatic carbocycles. The number of aromatic amines is 1. The van der Waals surface area contributed by atoms with Crippen LogP contribution in [0.2, 0.25) is 20.1 Å². The minimum Gasteiger partial charge on any atom is -0.398 e. The van der Waals surface area contributed by atoms with Crippen LogP contribution in [0.4, 0.5) is 17.1 Å². The van der Waals surface area contributed by atoms with E-state index in [1.807, 2.05) is 0 Å². The molecule has 0 saturated carbocycles. The van der Waals surface area contributed by atoms with Crippen LogP contribution < -0.4 is 22.3 Å². The molecule has 0 spiro atoms. The summed E-state index contributed by atoms with van der Waals surface area (Å²) in [6.45, 7) is 0.457. The van der Waals surface area contributed by atoms with Crippen LogP contribution in [0.25, 0.3) is 10.9 Å². The number of nitro benzene ring substituents is 2. The smallest absolute Gasteiger partial charge is 0.328 e. The summed E-state index contributed by atoms with van der Waals surface area (Å²) >= 11 is 23.8. The van der Waals surface area contributed by atoms with Crippen molar-refractivity contribution in [2.24, 2.45) is 0 Å². The Morgan fingerprint density at radius 1 is 0.792 bits per heavy atom. The highest BCUT2D eigenvalue weighted by Crippen LogP contribution is 2.23. The van der Waals surface area contributed by atoms with Crippen molar-refractivity contribution in [1.82, 2.24) is 14.9 Å². The number of H-pyrrole nitrogens is 1. The monoisotopic (exact) mass is 732 g/mol. The van der Waals surface area contributed by atoms with E-state index < -0.39 is 27.0 Å². The first-order valence-electron chi connectivity index (χ1n) is 13.9. The SMILES string of the molecule is Nc1cc([N+](=O)[O-])ccc1C(=O)NCCc1ccc(Cl)cc1Cl.O=c1[nH]c2cc([N+](=O)[O-])ccc2c(=O)n1CCc1ccc(Cl)cc1Cl. The van der Waals surface area contributed by atoms with Crippen molar-refractivity contribution < 1.29 is 14.6 Å². The lowest BCUT2D eigenvalue weighted by Gasteiger charge is -2.08. The normalized spacial score (nSPS) is 10.7. The minimum absolute atomic E-state index is 0.0567. The molecule has 1 aromatic heterocycles. The Morgan fingerprint density at radius 2 is 1.35 bits per heavy atom. The molecule has 0 saturated heterocycles. The van der Waals surface area contributed by atoms with Crippen LogP contribution in [-0.2, 0) is 19.4 Å². The van der Waals surface area contributed by atoms with E-state index in [9.17, 15) is 34.6 Å². The Labute approximate surface area is 291 Å². The maximum absolute atomic E-state index is 12.5. The molecule has 13 nitrogen and oxygen atoms in total. The van der Waals surface area contributed by atoms with Gasteiger partial charge in [-0.05, 0) is 60.4 Å². The third kappa shape index (κ3) is 8.89. The molecule has 1 heterocycles. The molecule has 5 aromatic rings. The van der Waals surface area contributed by atoms with Gasteiger partial charge < -0.3 is 16.0 Å². The summed E-state index contributed by atoms with van der Waals surface area (Å²) < 4.78 is 1.04. The molecule has 0 unspecified atom stereocenters. The van der Waals surface area contributed by atoms with E-state index in [0.717, 1.165) is 21.8 Å². The zero-order valence-corrected chi connectivity index (χ0v) is 27.6. The van der Waals surface area contributed by atoms with Crippen molar-refractivity contribution in [2.75, 3.05) is 12.3 Å². The maximum Gasteiger partial charge on any atom is 0.328 e. The Hall–Kier alpha value is -4.95. The number of halogens is 4. The Bertz CT molecular complexity index is 2170. The van der Waals surface area contributed by atoms with Gasteiger partial charge in [0.15, 0.2) is 0 Å². The van der Waals surface area contributed by atoms with Crippen LogP contribution in [0.3, 0.4) is 0 Å². The molecular weight excluding hydrogens is 710 g/mol. The third-order valence-electron chi connectivity index (χ3n) is 6.98. The van der Waals surface area contributed by atoms with Gasteiger partial charge in [-0.25, -0.2) is 4.79 Å². The molecule has 0 aliphatic rings. The van der Waals surface area contributed by atoms with E-state index in [2.05, 4.69) is 10.3 Å². The van der Waals surface area contributed by atoms with Gasteiger partial charge in [0, 0.05) is 57.4 Å². The predicted octanol–water partition coefficient (Wildman–Crippen LogP) is 6.60. The topological polar surface area (TPSA) is 196 Å². The van der Waals surface area contributed by atoms with Gasteiger partial charge in [-0.15, -0.1) is 0 Å². The average Bonchev–Trinajstić information content (AvgIpc) is 3.02. The fourth-order valence-corrected chi connectivity index (χ4v) is 5.52. The Morgan fingerprint density at radius 3 is 1.92 bits per heavy atom. The quantitative estimate of drug-likeness (QED) is 0.0855. The Kier molecular flexibility index (Phi) is 11.8. The van der Waals surface area contributed by atoms with Crippen molar-refractivity contribution in [3.05, 3.63) is 151 Å². The standard InChI is InChI=1S/C16H11Cl2N3O4.C15H13Cl2N3O3/c17-10-2-1-9(13(18)7-10)5-6-20-15(22)12-4-3-11(21(24)25)8-14(12)19-16(20)23;16-10-2-1-9(13(17)7-10)5-6-19-15(21)12-4-3-11(20(22)23)8-14(12)18/h1-4,7-8H,5-6H2,(H,19,23);1-4,7-8H,5-6,18H2,(H,19,21). The van der Waals surface area contributed by atoms with Gasteiger partial charge in [-0.3, -0.25) is 34.4 Å². The number of aromatic nitrogens is 2. The van der Waals surface area contributed by atoms with Gasteiger partial charge in [-0.1, -0.05) is 58.5 Å². The molecule has 1 amide bonds. The number of nitrogen functional groups attached to an aromatic ring is 1. The summed E-state index contributed by atoms with van der Waals surface area (Å²) in [7, 11) is 0. The van der Waals surface area contributed by atoms with E-state index in [1.54, 1.807) is 36.4 Å². The summed E-state index contributed by atoms with van der Waals surface area (Å²) in [4.78, 5) is 59.5. The number of nitrogens with one attached hydrogen (secondary N) is 2. The number of amides is 1. The number of fused-ring (bicyclic) bond motifs is 1. The van der Waals surface area contributed by atoms with Crippen LogP contribution >= 0.6 is 46.4 Å². The molecule has 0 radical (unpaired) electrons. The zero-order valence-electron chi connectivity index (χ0n) is 24.5. The molecular formula is C31H24Cl4N6O7. The molecule has 5 rings (SSSR count). The van der Waals surface area contributed by atoms with Crippen LogP contribution in [-0.4, -0.2) is 31.8 Å². The highest BCUT2D eigenvalue weighted by Gasteiger charge is 2.15. The molecule has 0 aliphatic carbocycles. The number of hydrogen-bond donors (Lipinski definition) is 3. The third-order valence-corrected chi connectivity index (χ3v) is 8.16. The largest absolute Gasteiger partial charge is 0.398 e. The minimum atomic E-state index is -0.636. The Balaban J connectivity index is 0.000000218. The fraction of sp³-hybridized carbons (Fsp3) is 0.129. The van der Waals surface area contributed by atoms with E-state index in [4.69, 9.17) is 52.1 Å². The fourth-order valence-electron chi connectivity index (χ4n) is 4.52. The number of aryl methyl sites for hydroxylation is 1. The van der Waals surface area contributed by atoms with Gasteiger partial charge in [-0.2, -0.15) is 0 Å². The second-order valence-corrected chi connectivity index (χ2v) is 11.8. The predicted molar refractivity (Wildman–Crippen MR) is 186 cm³/mol. The first-order chi connectivity index (χ1) is 22.7. The highest BCUT2D eigenvalue weighted by atomic mass is 35.5. The van der Waals surface area contributed by atoms with E-state index >= 15 is 0 Å². The van der Waals surface area contributed by atoms with E-state index in [1.165, 1.54) is 30.3 Å². The van der Waals surface area contributed by atoms with Crippen molar-refractivity contribution >= 4 is 80.3 Å². The lowest BCUT2D eigenvalue weighted by atomic mass is 10.1. The van der Waals surface area contributed by atoms with Crippen molar-refractivity contribution in [2.45, 2.75) is 19.4 Å². The number of non-ortho nitro benzene ring substituents is 2. The number of carbonyl (C=O) groups excluding carboxylic acids is 1. The van der Waals surface area contributed by atoms with Gasteiger partial charge in [0.1, 0.15) is 0 Å². The van der Waals surface area contributed by atoms with Gasteiger partial charge in [0.2, 0.25) is 0 Å². The number of nitro groups is 2. The van der Waals surface area contributed by atoms with Crippen molar-refractivity contribution in [1.29, 1.82) is 0 Å². The number of carbonyl (C=O) groups is 1. The summed E-state index contributed by atoms with van der Waals surface area (Å²) in [6.07, 6.45) is 0.881. The second-order valence-electron chi connectivity index (χ2n) is 10.1. The number of hydrogen-bond acceptors (Lipinski definition) is 8. The van der Waals surface area contributed by atoms with Crippen LogP contribution in [0.5, 0.6) is 0 Å². The van der Waals surface area contributed by atoms with E-state index in [-0.39, 0.29) is 40.1 Å². The number of rotatable bonds is 9. The van der Waals surface area contributed by atoms with Crippen molar-refractivity contribution in [3.63, 3.8) is 0 Å².